The van der Waals surface area contributed by atoms with Crippen molar-refractivity contribution in [1.82, 2.24) is 10.2 Å². The van der Waals surface area contributed by atoms with E-state index in [-0.39, 0.29) is 0 Å². The smallest absolute Gasteiger partial charge is 0.102 e. The van der Waals surface area contributed by atoms with Gasteiger partial charge in [-0.1, -0.05) is 13.0 Å². The van der Waals surface area contributed by atoms with Crippen molar-refractivity contribution in [2.24, 2.45) is 0 Å². The molecule has 15 heavy (non-hydrogen) atoms. The van der Waals surface area contributed by atoms with Gasteiger partial charge in [0.05, 0.1) is 4.88 Å². The highest BCUT2D eigenvalue weighted by molar-refractivity contribution is 7.98. The van der Waals surface area contributed by atoms with Crippen molar-refractivity contribution in [2.45, 2.75) is 19.1 Å². The molecule has 0 aliphatic carbocycles. The summed E-state index contributed by atoms with van der Waals surface area (Å²) in [7, 11) is 0. The maximum atomic E-state index is 4.31. The van der Waals surface area contributed by atoms with E-state index in [0.717, 1.165) is 11.4 Å². The largest absolute Gasteiger partial charge is 0.281 e. The van der Waals surface area contributed by atoms with Gasteiger partial charge < -0.3 is 0 Å². The molecule has 4 heteroatoms. The van der Waals surface area contributed by atoms with Gasteiger partial charge in [0.25, 0.3) is 0 Å². The van der Waals surface area contributed by atoms with Crippen molar-refractivity contribution in [3.05, 3.63) is 29.3 Å². The fourth-order valence-corrected chi connectivity index (χ4v) is 2.80. The molecule has 2 nitrogen and oxygen atoms in total. The van der Waals surface area contributed by atoms with Crippen LogP contribution in [0.25, 0.3) is 10.6 Å². The second kappa shape index (κ2) is 5.37. The summed E-state index contributed by atoms with van der Waals surface area (Å²) in [5.41, 5.74) is 2.29. The lowest BCUT2D eigenvalue weighted by atomic mass is 10.3. The molecule has 2 aromatic rings. The zero-order chi connectivity index (χ0) is 10.5. The highest BCUT2D eigenvalue weighted by Crippen LogP contribution is 2.24. The van der Waals surface area contributed by atoms with Crippen LogP contribution in [-0.4, -0.2) is 16.0 Å². The molecular formula is C11H14N2S2. The molecule has 0 saturated heterocycles. The Morgan fingerprint density at radius 3 is 3.20 bits per heavy atom. The van der Waals surface area contributed by atoms with E-state index in [2.05, 4.69) is 40.7 Å². The predicted molar refractivity (Wildman–Crippen MR) is 68.4 cm³/mol. The zero-order valence-electron chi connectivity index (χ0n) is 8.69. The summed E-state index contributed by atoms with van der Waals surface area (Å²) in [6.07, 6.45) is 1.23. The molecule has 0 aliphatic rings. The number of hydrogen-bond acceptors (Lipinski definition) is 3. The monoisotopic (exact) mass is 238 g/mol. The second-order valence-electron chi connectivity index (χ2n) is 3.31. The molecule has 0 atom stereocenters. The summed E-state index contributed by atoms with van der Waals surface area (Å²) in [6, 6.07) is 6.30. The van der Waals surface area contributed by atoms with Gasteiger partial charge in [0.1, 0.15) is 5.69 Å². The zero-order valence-corrected chi connectivity index (χ0v) is 10.3. The number of hydrogen-bond donors (Lipinski definition) is 1. The van der Waals surface area contributed by atoms with Crippen LogP contribution in [0.5, 0.6) is 0 Å². The summed E-state index contributed by atoms with van der Waals surface area (Å²) >= 11 is 3.68. The summed E-state index contributed by atoms with van der Waals surface area (Å²) in [6.45, 7) is 2.21. The first-order valence-corrected chi connectivity index (χ1v) is 7.09. The van der Waals surface area contributed by atoms with Crippen LogP contribution in [-0.2, 0) is 5.75 Å². The summed E-state index contributed by atoms with van der Waals surface area (Å²) in [4.78, 5) is 1.23. The lowest BCUT2D eigenvalue weighted by Crippen LogP contribution is -1.81. The van der Waals surface area contributed by atoms with Crippen molar-refractivity contribution in [1.29, 1.82) is 0 Å². The van der Waals surface area contributed by atoms with Gasteiger partial charge in [-0.3, -0.25) is 5.10 Å². The predicted octanol–water partition coefficient (Wildman–Crippen LogP) is 3.78. The van der Waals surface area contributed by atoms with Gasteiger partial charge in [0.2, 0.25) is 0 Å². The molecular weight excluding hydrogens is 224 g/mol. The molecule has 80 valence electrons. The molecule has 0 spiro atoms. The van der Waals surface area contributed by atoms with Crippen LogP contribution in [0.3, 0.4) is 0 Å². The number of nitrogens with zero attached hydrogens (tertiary/aromatic N) is 1. The fourth-order valence-electron chi connectivity index (χ4n) is 1.31. The minimum atomic E-state index is 1.03. The van der Waals surface area contributed by atoms with E-state index in [1.165, 1.54) is 22.7 Å². The molecule has 2 heterocycles. The lowest BCUT2D eigenvalue weighted by Gasteiger charge is -1.94. The fraction of sp³-hybridized carbons (Fsp3) is 0.364. The number of rotatable bonds is 5. The Hall–Kier alpha value is -0.740. The molecule has 0 unspecified atom stereocenters. The van der Waals surface area contributed by atoms with Crippen LogP contribution in [0.2, 0.25) is 0 Å². The minimum absolute atomic E-state index is 1.03. The van der Waals surface area contributed by atoms with E-state index >= 15 is 0 Å². The molecule has 0 saturated carbocycles. The summed E-state index contributed by atoms with van der Waals surface area (Å²) in [5, 5.41) is 9.48. The number of thiophene rings is 1. The first kappa shape index (κ1) is 10.8. The number of aromatic nitrogens is 2. The summed E-state index contributed by atoms with van der Waals surface area (Å²) < 4.78 is 0. The first-order chi connectivity index (χ1) is 7.40. The average Bonchev–Trinajstić information content (AvgIpc) is 2.87. The van der Waals surface area contributed by atoms with Crippen molar-refractivity contribution >= 4 is 23.1 Å². The van der Waals surface area contributed by atoms with Gasteiger partial charge in [-0.05, 0) is 29.7 Å². The molecule has 0 bridgehead atoms. The highest BCUT2D eigenvalue weighted by atomic mass is 32.2. The van der Waals surface area contributed by atoms with E-state index in [1.807, 2.05) is 11.8 Å². The minimum Gasteiger partial charge on any atom is -0.281 e. The van der Waals surface area contributed by atoms with Crippen LogP contribution < -0.4 is 0 Å². The normalized spacial score (nSPS) is 10.7. The SMILES string of the molecule is CCCSCc1cc(-c2cccs2)n[nH]1. The topological polar surface area (TPSA) is 28.7 Å². The van der Waals surface area contributed by atoms with Gasteiger partial charge in [-0.2, -0.15) is 16.9 Å². The molecule has 0 aliphatic heterocycles. The highest BCUT2D eigenvalue weighted by Gasteiger charge is 2.04. The van der Waals surface area contributed by atoms with Crippen molar-refractivity contribution < 1.29 is 0 Å². The molecule has 2 rings (SSSR count). The Morgan fingerprint density at radius 2 is 2.47 bits per heavy atom. The van der Waals surface area contributed by atoms with Crippen LogP contribution >= 0.6 is 23.1 Å². The number of aromatic amines is 1. The van der Waals surface area contributed by atoms with Gasteiger partial charge in [-0.25, -0.2) is 0 Å². The quantitative estimate of drug-likeness (QED) is 0.803. The number of H-pyrrole nitrogens is 1. The maximum absolute atomic E-state index is 4.31. The summed E-state index contributed by atoms with van der Waals surface area (Å²) in [5.74, 6) is 2.25. The van der Waals surface area contributed by atoms with Crippen molar-refractivity contribution in [3.8, 4) is 10.6 Å². The first-order valence-electron chi connectivity index (χ1n) is 5.06. The average molecular weight is 238 g/mol. The van der Waals surface area contributed by atoms with E-state index in [4.69, 9.17) is 0 Å². The molecule has 0 radical (unpaired) electrons. The molecule has 0 aromatic carbocycles. The van der Waals surface area contributed by atoms with Gasteiger partial charge in [0.15, 0.2) is 0 Å². The molecule has 1 N–H and O–H groups in total. The lowest BCUT2D eigenvalue weighted by molar-refractivity contribution is 1.04. The number of nitrogens with one attached hydrogen (secondary N) is 1. The third kappa shape index (κ3) is 2.86. The maximum Gasteiger partial charge on any atom is 0.102 e. The third-order valence-electron chi connectivity index (χ3n) is 2.01. The van der Waals surface area contributed by atoms with Gasteiger partial charge in [-0.15, -0.1) is 11.3 Å². The van der Waals surface area contributed by atoms with Crippen LogP contribution in [0.1, 0.15) is 19.0 Å². The Bertz CT molecular complexity index is 392. The Morgan fingerprint density at radius 1 is 1.53 bits per heavy atom. The molecule has 0 fully saturated rings. The number of thioether (sulfide) groups is 1. The third-order valence-corrected chi connectivity index (χ3v) is 4.11. The van der Waals surface area contributed by atoms with Crippen LogP contribution in [0, 0.1) is 0 Å². The van der Waals surface area contributed by atoms with Gasteiger partial charge in [0, 0.05) is 11.4 Å². The van der Waals surface area contributed by atoms with Gasteiger partial charge >= 0.3 is 0 Å². The van der Waals surface area contributed by atoms with Crippen LogP contribution in [0.4, 0.5) is 0 Å². The van der Waals surface area contributed by atoms with Crippen molar-refractivity contribution in [3.63, 3.8) is 0 Å². The Kier molecular flexibility index (Phi) is 3.86. The molecule has 2 aromatic heterocycles. The van der Waals surface area contributed by atoms with Crippen molar-refractivity contribution in [2.75, 3.05) is 5.75 Å². The van der Waals surface area contributed by atoms with Crippen LogP contribution in [0.15, 0.2) is 23.6 Å². The van der Waals surface area contributed by atoms with E-state index in [1.54, 1.807) is 11.3 Å². The van der Waals surface area contributed by atoms with E-state index in [0.29, 0.717) is 0 Å². The second-order valence-corrected chi connectivity index (χ2v) is 5.36. The van der Waals surface area contributed by atoms with E-state index < -0.39 is 0 Å². The van der Waals surface area contributed by atoms with E-state index in [9.17, 15) is 0 Å². The molecule has 0 amide bonds. The Balaban J connectivity index is 1.98. The standard InChI is InChI=1S/C11H14N2S2/c1-2-5-14-8-9-7-10(13-12-9)11-4-3-6-15-11/h3-4,6-7H,2,5,8H2,1H3,(H,12,13). The Labute approximate surface area is 98.1 Å².